The van der Waals surface area contributed by atoms with Gasteiger partial charge in [-0.25, -0.2) is 0 Å². The fourth-order valence-electron chi connectivity index (χ4n) is 1.37. The van der Waals surface area contributed by atoms with Gasteiger partial charge < -0.3 is 14.8 Å². The van der Waals surface area contributed by atoms with E-state index in [0.29, 0.717) is 13.2 Å². The normalized spacial score (nSPS) is 10.2. The van der Waals surface area contributed by atoms with Gasteiger partial charge in [0.15, 0.2) is 0 Å². The lowest BCUT2D eigenvalue weighted by Gasteiger charge is -2.07. The highest BCUT2D eigenvalue weighted by atomic mass is 16.5. The van der Waals surface area contributed by atoms with Crippen molar-refractivity contribution in [2.75, 3.05) is 32.2 Å². The molecule has 0 fully saturated rings. The van der Waals surface area contributed by atoms with Crippen molar-refractivity contribution in [2.24, 2.45) is 0 Å². The quantitative estimate of drug-likeness (QED) is 0.736. The molecule has 17 heavy (non-hydrogen) atoms. The monoisotopic (exact) mass is 237 g/mol. The number of aryl methyl sites for hydroxylation is 1. The number of anilines is 1. The van der Waals surface area contributed by atoms with Crippen LogP contribution >= 0.6 is 0 Å². The van der Waals surface area contributed by atoms with E-state index in [1.807, 2.05) is 24.3 Å². The average molecular weight is 237 g/mol. The Kier molecular flexibility index (Phi) is 6.29. The molecule has 1 aromatic carbocycles. The van der Waals surface area contributed by atoms with Gasteiger partial charge in [-0.2, -0.15) is 0 Å². The Balaban J connectivity index is 2.34. The van der Waals surface area contributed by atoms with Crippen LogP contribution in [0, 0.1) is 0 Å². The first-order chi connectivity index (χ1) is 8.26. The van der Waals surface area contributed by atoms with Crippen molar-refractivity contribution in [2.45, 2.75) is 13.3 Å². The number of rotatable bonds is 7. The van der Waals surface area contributed by atoms with Gasteiger partial charge in [-0.05, 0) is 24.1 Å². The van der Waals surface area contributed by atoms with E-state index in [4.69, 9.17) is 9.47 Å². The highest BCUT2D eigenvalue weighted by Gasteiger charge is 2.02. The summed E-state index contributed by atoms with van der Waals surface area (Å²) in [4.78, 5) is 11.5. The molecule has 0 heterocycles. The lowest BCUT2D eigenvalue weighted by molar-refractivity contribution is -0.121. The Bertz CT molecular complexity index is 352. The van der Waals surface area contributed by atoms with Crippen molar-refractivity contribution < 1.29 is 14.3 Å². The van der Waals surface area contributed by atoms with Crippen LogP contribution in [0.15, 0.2) is 24.3 Å². The Labute approximate surface area is 102 Å². The third-order valence-corrected chi connectivity index (χ3v) is 2.28. The van der Waals surface area contributed by atoms with Crippen LogP contribution in [0.4, 0.5) is 5.69 Å². The third-order valence-electron chi connectivity index (χ3n) is 2.28. The number of carbonyl (C=O) groups excluding carboxylic acids is 1. The Hall–Kier alpha value is -1.39. The van der Waals surface area contributed by atoms with E-state index in [1.165, 1.54) is 5.56 Å². The largest absolute Gasteiger partial charge is 0.382 e. The zero-order valence-corrected chi connectivity index (χ0v) is 10.4. The van der Waals surface area contributed by atoms with Crippen molar-refractivity contribution in [1.82, 2.24) is 0 Å². The van der Waals surface area contributed by atoms with Gasteiger partial charge in [0.05, 0.1) is 13.2 Å². The second-order valence-corrected chi connectivity index (χ2v) is 3.65. The topological polar surface area (TPSA) is 47.6 Å². The second-order valence-electron chi connectivity index (χ2n) is 3.65. The molecule has 1 rings (SSSR count). The van der Waals surface area contributed by atoms with E-state index in [9.17, 15) is 4.79 Å². The van der Waals surface area contributed by atoms with Crippen LogP contribution in [0.25, 0.3) is 0 Å². The molecule has 0 spiro atoms. The molecule has 0 saturated carbocycles. The fraction of sp³-hybridized carbons (Fsp3) is 0.462. The zero-order chi connectivity index (χ0) is 12.5. The van der Waals surface area contributed by atoms with Gasteiger partial charge in [0.25, 0.3) is 0 Å². The Morgan fingerprint density at radius 3 is 2.88 bits per heavy atom. The first-order valence-electron chi connectivity index (χ1n) is 5.71. The Morgan fingerprint density at radius 1 is 1.35 bits per heavy atom. The van der Waals surface area contributed by atoms with Gasteiger partial charge in [0.2, 0.25) is 5.91 Å². The molecule has 0 aliphatic heterocycles. The fourth-order valence-corrected chi connectivity index (χ4v) is 1.37. The van der Waals surface area contributed by atoms with Crippen LogP contribution in [-0.4, -0.2) is 32.8 Å². The summed E-state index contributed by atoms with van der Waals surface area (Å²) >= 11 is 0. The number of nitrogens with one attached hydrogen (secondary N) is 1. The van der Waals surface area contributed by atoms with Crippen LogP contribution < -0.4 is 5.32 Å². The van der Waals surface area contributed by atoms with E-state index in [-0.39, 0.29) is 12.5 Å². The molecule has 1 amide bonds. The standard InChI is InChI=1S/C13H19NO3/c1-3-11-5-4-6-12(9-11)14-13(15)10-17-8-7-16-2/h4-6,9H,3,7-8,10H2,1-2H3,(H,14,15). The molecule has 0 aromatic heterocycles. The predicted octanol–water partition coefficient (Wildman–Crippen LogP) is 1.85. The van der Waals surface area contributed by atoms with E-state index in [1.54, 1.807) is 7.11 Å². The van der Waals surface area contributed by atoms with Gasteiger partial charge in [-0.3, -0.25) is 4.79 Å². The van der Waals surface area contributed by atoms with E-state index >= 15 is 0 Å². The summed E-state index contributed by atoms with van der Waals surface area (Å²) in [6.07, 6.45) is 0.952. The molecule has 4 nitrogen and oxygen atoms in total. The van der Waals surface area contributed by atoms with Crippen molar-refractivity contribution in [3.8, 4) is 0 Å². The van der Waals surface area contributed by atoms with Crippen LogP contribution in [-0.2, 0) is 20.7 Å². The number of hydrogen-bond acceptors (Lipinski definition) is 3. The smallest absolute Gasteiger partial charge is 0.250 e. The van der Waals surface area contributed by atoms with Crippen LogP contribution in [0.2, 0.25) is 0 Å². The minimum absolute atomic E-state index is 0.0553. The van der Waals surface area contributed by atoms with Gasteiger partial charge in [-0.15, -0.1) is 0 Å². The first-order valence-corrected chi connectivity index (χ1v) is 5.71. The zero-order valence-electron chi connectivity index (χ0n) is 10.4. The summed E-state index contributed by atoms with van der Waals surface area (Å²) in [7, 11) is 1.60. The predicted molar refractivity (Wildman–Crippen MR) is 67.1 cm³/mol. The maximum absolute atomic E-state index is 11.5. The van der Waals surface area contributed by atoms with Crippen LogP contribution in [0.5, 0.6) is 0 Å². The highest BCUT2D eigenvalue weighted by Crippen LogP contribution is 2.10. The molecule has 0 aliphatic carbocycles. The minimum atomic E-state index is -0.144. The molecule has 0 atom stereocenters. The molecule has 0 unspecified atom stereocenters. The van der Waals surface area contributed by atoms with Crippen molar-refractivity contribution in [3.63, 3.8) is 0 Å². The van der Waals surface area contributed by atoms with Crippen molar-refractivity contribution >= 4 is 11.6 Å². The van der Waals surface area contributed by atoms with E-state index < -0.39 is 0 Å². The SMILES string of the molecule is CCc1cccc(NC(=O)COCCOC)c1. The number of ether oxygens (including phenoxy) is 2. The molecule has 4 heteroatoms. The molecule has 94 valence electrons. The number of methoxy groups -OCH3 is 1. The lowest BCUT2D eigenvalue weighted by atomic mass is 10.1. The molecule has 0 saturated heterocycles. The Morgan fingerprint density at radius 2 is 2.18 bits per heavy atom. The summed E-state index contributed by atoms with van der Waals surface area (Å²) in [5.74, 6) is -0.144. The second kappa shape index (κ2) is 7.81. The van der Waals surface area contributed by atoms with Gasteiger partial charge in [-0.1, -0.05) is 19.1 Å². The number of carbonyl (C=O) groups is 1. The molecular formula is C13H19NO3. The maximum Gasteiger partial charge on any atom is 0.250 e. The first kappa shape index (κ1) is 13.7. The average Bonchev–Trinajstić information content (AvgIpc) is 2.35. The van der Waals surface area contributed by atoms with Gasteiger partial charge in [0, 0.05) is 12.8 Å². The van der Waals surface area contributed by atoms with Crippen LogP contribution in [0.3, 0.4) is 0 Å². The molecule has 0 radical (unpaired) electrons. The van der Waals surface area contributed by atoms with E-state index in [2.05, 4.69) is 12.2 Å². The summed E-state index contributed by atoms with van der Waals surface area (Å²) in [5, 5.41) is 2.79. The lowest BCUT2D eigenvalue weighted by Crippen LogP contribution is -2.19. The number of amides is 1. The summed E-state index contributed by atoms with van der Waals surface area (Å²) < 4.78 is 9.94. The number of benzene rings is 1. The summed E-state index contributed by atoms with van der Waals surface area (Å²) in [5.41, 5.74) is 2.01. The van der Waals surface area contributed by atoms with Gasteiger partial charge in [0.1, 0.15) is 6.61 Å². The number of hydrogen-bond donors (Lipinski definition) is 1. The molecule has 1 N–H and O–H groups in total. The molecule has 0 bridgehead atoms. The van der Waals surface area contributed by atoms with Crippen molar-refractivity contribution in [3.05, 3.63) is 29.8 Å². The molecule has 1 aromatic rings. The molecule has 0 aliphatic rings. The van der Waals surface area contributed by atoms with Gasteiger partial charge >= 0.3 is 0 Å². The summed E-state index contributed by atoms with van der Waals surface area (Å²) in [6, 6.07) is 7.80. The minimum Gasteiger partial charge on any atom is -0.382 e. The third kappa shape index (κ3) is 5.47. The van der Waals surface area contributed by atoms with Crippen LogP contribution in [0.1, 0.15) is 12.5 Å². The van der Waals surface area contributed by atoms with Crippen molar-refractivity contribution in [1.29, 1.82) is 0 Å². The molecular weight excluding hydrogens is 218 g/mol. The highest BCUT2D eigenvalue weighted by molar-refractivity contribution is 5.91. The van der Waals surface area contributed by atoms with E-state index in [0.717, 1.165) is 12.1 Å². The maximum atomic E-state index is 11.5. The summed E-state index contributed by atoms with van der Waals surface area (Å²) in [6.45, 7) is 3.06.